The molecule has 0 aliphatic carbocycles. The first-order valence-electron chi connectivity index (χ1n) is 5.10. The summed E-state index contributed by atoms with van der Waals surface area (Å²) in [6.07, 6.45) is -3.43. The zero-order chi connectivity index (χ0) is 11.2. The van der Waals surface area contributed by atoms with Crippen molar-refractivity contribution in [2.24, 2.45) is 0 Å². The van der Waals surface area contributed by atoms with E-state index in [9.17, 15) is 18.3 Å². The molecule has 0 rings (SSSR count). The molecule has 0 aliphatic heterocycles. The van der Waals surface area contributed by atoms with Crippen molar-refractivity contribution in [2.75, 3.05) is 0 Å². The molecular formula is C10H18F3O. The van der Waals surface area contributed by atoms with Gasteiger partial charge >= 0.3 is 6.18 Å². The lowest BCUT2D eigenvalue weighted by atomic mass is 9.88. The molecule has 4 heteroatoms. The van der Waals surface area contributed by atoms with Gasteiger partial charge < -0.3 is 0 Å². The van der Waals surface area contributed by atoms with Crippen LogP contribution in [0, 0.1) is 0 Å². The molecule has 0 saturated carbocycles. The third-order valence-corrected chi connectivity index (χ3v) is 2.28. The largest absolute Gasteiger partial charge is 0.389 e. The first-order chi connectivity index (χ1) is 6.33. The fourth-order valence-corrected chi connectivity index (χ4v) is 1.66. The molecule has 0 heterocycles. The monoisotopic (exact) mass is 211 g/mol. The smallest absolute Gasteiger partial charge is 0.229 e. The van der Waals surface area contributed by atoms with Crippen LogP contribution >= 0.6 is 0 Å². The van der Waals surface area contributed by atoms with Gasteiger partial charge in [0.05, 0.1) is 0 Å². The Hall–Kier alpha value is -0.250. The van der Waals surface area contributed by atoms with Gasteiger partial charge in [-0.2, -0.15) is 13.2 Å². The van der Waals surface area contributed by atoms with Crippen molar-refractivity contribution in [3.05, 3.63) is 0 Å². The van der Waals surface area contributed by atoms with E-state index in [2.05, 4.69) is 0 Å². The Kier molecular flexibility index (Phi) is 5.49. The first-order valence-corrected chi connectivity index (χ1v) is 5.10. The van der Waals surface area contributed by atoms with E-state index in [0.29, 0.717) is 25.7 Å². The number of rotatable bonds is 6. The maximum atomic E-state index is 11.9. The Morgan fingerprint density at radius 1 is 0.857 bits per heavy atom. The summed E-state index contributed by atoms with van der Waals surface area (Å²) in [6, 6.07) is 0. The number of alkyl halides is 3. The Labute approximate surface area is 83.3 Å². The molecule has 14 heavy (non-hydrogen) atoms. The van der Waals surface area contributed by atoms with Gasteiger partial charge in [-0.1, -0.05) is 26.7 Å². The second-order valence-corrected chi connectivity index (χ2v) is 3.80. The fourth-order valence-electron chi connectivity index (χ4n) is 1.66. The van der Waals surface area contributed by atoms with E-state index in [1.807, 2.05) is 13.8 Å². The SMILES string of the molecule is CCCC([O])(CCC)CCC(F)(F)F. The molecule has 85 valence electrons. The molecule has 1 nitrogen and oxygen atoms in total. The van der Waals surface area contributed by atoms with Crippen molar-refractivity contribution in [1.82, 2.24) is 0 Å². The van der Waals surface area contributed by atoms with Gasteiger partial charge in [-0.3, -0.25) is 0 Å². The molecule has 0 amide bonds. The second-order valence-electron chi connectivity index (χ2n) is 3.80. The summed E-state index contributed by atoms with van der Waals surface area (Å²) in [5.41, 5.74) is -1.36. The second kappa shape index (κ2) is 5.59. The number of hydrogen-bond donors (Lipinski definition) is 0. The minimum Gasteiger partial charge on any atom is -0.229 e. The van der Waals surface area contributed by atoms with E-state index in [4.69, 9.17) is 0 Å². The van der Waals surface area contributed by atoms with Crippen LogP contribution in [0.15, 0.2) is 0 Å². The quantitative estimate of drug-likeness (QED) is 0.630. The maximum absolute atomic E-state index is 11.9. The standard InChI is InChI=1S/C10H18F3O/c1-3-5-9(14,6-4-2)7-8-10(11,12)13/h3-8H2,1-2H3. The van der Waals surface area contributed by atoms with Gasteiger partial charge in [0.2, 0.25) is 0 Å². The molecule has 0 N–H and O–H groups in total. The van der Waals surface area contributed by atoms with Crippen molar-refractivity contribution in [3.63, 3.8) is 0 Å². The molecule has 0 aromatic heterocycles. The molecule has 0 unspecified atom stereocenters. The molecule has 0 bridgehead atoms. The van der Waals surface area contributed by atoms with Crippen LogP contribution in [0.25, 0.3) is 0 Å². The summed E-state index contributed by atoms with van der Waals surface area (Å²) in [4.78, 5) is 0. The average Bonchev–Trinajstić information content (AvgIpc) is 2.01. The van der Waals surface area contributed by atoms with Crippen molar-refractivity contribution >= 4 is 0 Å². The Morgan fingerprint density at radius 2 is 1.29 bits per heavy atom. The topological polar surface area (TPSA) is 19.9 Å². The molecule has 0 spiro atoms. The van der Waals surface area contributed by atoms with Crippen LogP contribution in [0.5, 0.6) is 0 Å². The van der Waals surface area contributed by atoms with Crippen LogP contribution < -0.4 is 0 Å². The van der Waals surface area contributed by atoms with Crippen LogP contribution in [0.3, 0.4) is 0 Å². The van der Waals surface area contributed by atoms with E-state index in [0.717, 1.165) is 0 Å². The van der Waals surface area contributed by atoms with Crippen LogP contribution in [0.2, 0.25) is 0 Å². The summed E-state index contributed by atoms with van der Waals surface area (Å²) < 4.78 is 35.8. The van der Waals surface area contributed by atoms with Crippen molar-refractivity contribution in [1.29, 1.82) is 0 Å². The third-order valence-electron chi connectivity index (χ3n) is 2.28. The van der Waals surface area contributed by atoms with Crippen LogP contribution in [-0.2, 0) is 5.11 Å². The summed E-state index contributed by atoms with van der Waals surface area (Å²) in [5.74, 6) is 0. The van der Waals surface area contributed by atoms with E-state index in [1.54, 1.807) is 0 Å². The summed E-state index contributed by atoms with van der Waals surface area (Å²) in [5, 5.41) is 11.8. The molecule has 0 aliphatic rings. The lowest BCUT2D eigenvalue weighted by molar-refractivity contribution is -0.155. The van der Waals surface area contributed by atoms with Crippen LogP contribution in [0.1, 0.15) is 52.4 Å². The van der Waals surface area contributed by atoms with Crippen molar-refractivity contribution < 1.29 is 18.3 Å². The summed E-state index contributed by atoms with van der Waals surface area (Å²) in [7, 11) is 0. The van der Waals surface area contributed by atoms with Crippen LogP contribution in [-0.4, -0.2) is 11.8 Å². The minimum absolute atomic E-state index is 0.280. The highest BCUT2D eigenvalue weighted by atomic mass is 19.4. The molecular weight excluding hydrogens is 193 g/mol. The predicted octanol–water partition coefficient (Wildman–Crippen LogP) is 4.10. The van der Waals surface area contributed by atoms with E-state index in [1.165, 1.54) is 0 Å². The van der Waals surface area contributed by atoms with Gasteiger partial charge in [-0.15, -0.1) is 0 Å². The highest BCUT2D eigenvalue weighted by molar-refractivity contribution is 4.78. The summed E-state index contributed by atoms with van der Waals surface area (Å²) in [6.45, 7) is 3.66. The Bertz CT molecular complexity index is 148. The molecule has 0 aromatic rings. The minimum atomic E-state index is -4.20. The number of halogens is 3. The predicted molar refractivity (Wildman–Crippen MR) is 48.5 cm³/mol. The van der Waals surface area contributed by atoms with Gasteiger partial charge in [0.25, 0.3) is 0 Å². The fraction of sp³-hybridized carbons (Fsp3) is 1.00. The lowest BCUT2D eigenvalue weighted by Crippen LogP contribution is -2.28. The van der Waals surface area contributed by atoms with Crippen molar-refractivity contribution in [3.8, 4) is 0 Å². The van der Waals surface area contributed by atoms with Gasteiger partial charge in [-0.25, -0.2) is 5.11 Å². The Balaban J connectivity index is 4.08. The molecule has 0 atom stereocenters. The van der Waals surface area contributed by atoms with Gasteiger partial charge in [0.15, 0.2) is 0 Å². The van der Waals surface area contributed by atoms with Gasteiger partial charge in [0, 0.05) is 6.42 Å². The molecule has 0 saturated heterocycles. The molecule has 0 fully saturated rings. The van der Waals surface area contributed by atoms with E-state index in [-0.39, 0.29) is 6.42 Å². The van der Waals surface area contributed by atoms with Crippen LogP contribution in [0.4, 0.5) is 13.2 Å². The zero-order valence-electron chi connectivity index (χ0n) is 8.78. The number of hydrogen-bond acceptors (Lipinski definition) is 0. The highest BCUT2D eigenvalue weighted by Gasteiger charge is 2.34. The Morgan fingerprint density at radius 3 is 1.57 bits per heavy atom. The third kappa shape index (κ3) is 6.24. The summed E-state index contributed by atoms with van der Waals surface area (Å²) >= 11 is 0. The van der Waals surface area contributed by atoms with E-state index >= 15 is 0 Å². The maximum Gasteiger partial charge on any atom is 0.389 e. The average molecular weight is 211 g/mol. The molecule has 1 radical (unpaired) electrons. The van der Waals surface area contributed by atoms with Crippen molar-refractivity contribution in [2.45, 2.75) is 64.1 Å². The first kappa shape index (κ1) is 13.8. The van der Waals surface area contributed by atoms with E-state index < -0.39 is 18.2 Å². The zero-order valence-corrected chi connectivity index (χ0v) is 8.78. The normalized spacial score (nSPS) is 13.3. The molecule has 0 aromatic carbocycles. The lowest BCUT2D eigenvalue weighted by Gasteiger charge is -2.25. The highest BCUT2D eigenvalue weighted by Crippen LogP contribution is 2.31. The van der Waals surface area contributed by atoms with Gasteiger partial charge in [-0.05, 0) is 19.3 Å². The van der Waals surface area contributed by atoms with Gasteiger partial charge in [0.1, 0.15) is 5.60 Å².